The Morgan fingerprint density at radius 2 is 1.90 bits per heavy atom. The lowest BCUT2D eigenvalue weighted by Crippen LogP contribution is -2.05. The number of para-hydroxylation sites is 1. The molecule has 0 fully saturated rings. The van der Waals surface area contributed by atoms with E-state index in [1.54, 1.807) is 19.1 Å². The Hall–Kier alpha value is -2.33. The van der Waals surface area contributed by atoms with Gasteiger partial charge in [-0.3, -0.25) is 0 Å². The van der Waals surface area contributed by atoms with E-state index in [1.807, 2.05) is 25.1 Å². The van der Waals surface area contributed by atoms with Crippen LogP contribution in [0, 0.1) is 13.8 Å². The second kappa shape index (κ2) is 4.90. The topological polar surface area (TPSA) is 66.0 Å². The van der Waals surface area contributed by atoms with Crippen LogP contribution in [0.2, 0.25) is 5.02 Å². The van der Waals surface area contributed by atoms with Crippen LogP contribution in [0.5, 0.6) is 0 Å². The quantitative estimate of drug-likeness (QED) is 0.745. The molecule has 0 saturated heterocycles. The molecule has 3 rings (SSSR count). The lowest BCUT2D eigenvalue weighted by molar-refractivity contribution is 0.0697. The highest BCUT2D eigenvalue weighted by Crippen LogP contribution is 2.31. The minimum absolute atomic E-state index is 0.269. The summed E-state index contributed by atoms with van der Waals surface area (Å²) in [5.41, 5.74) is 3.86. The van der Waals surface area contributed by atoms with Gasteiger partial charge in [0.25, 0.3) is 0 Å². The van der Waals surface area contributed by atoms with Crippen LogP contribution in [-0.2, 0) is 0 Å². The number of hydrogen-bond acceptors (Lipinski definition) is 2. The van der Waals surface area contributed by atoms with Gasteiger partial charge in [-0.1, -0.05) is 29.8 Å². The van der Waals surface area contributed by atoms with E-state index in [-0.39, 0.29) is 5.56 Å². The fourth-order valence-corrected chi connectivity index (χ4v) is 2.72. The van der Waals surface area contributed by atoms with Crippen molar-refractivity contribution in [3.05, 3.63) is 52.0 Å². The summed E-state index contributed by atoms with van der Waals surface area (Å²) in [6.07, 6.45) is 0. The molecule has 4 nitrogen and oxygen atoms in total. The zero-order valence-electron chi connectivity index (χ0n) is 11.6. The van der Waals surface area contributed by atoms with E-state index >= 15 is 0 Å². The van der Waals surface area contributed by atoms with Crippen molar-refractivity contribution in [1.82, 2.24) is 9.97 Å². The Bertz CT molecular complexity index is 868. The number of aromatic amines is 1. The number of nitrogens with zero attached hydrogens (tertiary/aromatic N) is 1. The van der Waals surface area contributed by atoms with Gasteiger partial charge in [-0.05, 0) is 37.1 Å². The molecule has 0 spiro atoms. The van der Waals surface area contributed by atoms with Crippen molar-refractivity contribution >= 4 is 28.6 Å². The number of carbonyl (C=O) groups is 1. The maximum absolute atomic E-state index is 11.6. The third-order valence-electron chi connectivity index (χ3n) is 3.54. The number of imidazole rings is 1. The average Bonchev–Trinajstić information content (AvgIpc) is 2.85. The van der Waals surface area contributed by atoms with Crippen LogP contribution in [0.15, 0.2) is 30.3 Å². The van der Waals surface area contributed by atoms with Gasteiger partial charge in [0.15, 0.2) is 0 Å². The second-order valence-corrected chi connectivity index (χ2v) is 5.38. The minimum Gasteiger partial charge on any atom is -0.478 e. The van der Waals surface area contributed by atoms with Gasteiger partial charge in [-0.15, -0.1) is 0 Å². The summed E-state index contributed by atoms with van der Waals surface area (Å²) < 4.78 is 0. The number of carboxylic acids is 1. The van der Waals surface area contributed by atoms with Gasteiger partial charge in [-0.25, -0.2) is 9.78 Å². The standard InChI is InChI=1S/C16H13ClN2O2/c1-8-6-7-9(2)13(16(20)21)12(8)15-18-11-5-3-4-10(17)14(11)19-15/h3-7H,1-2H3,(H,18,19)(H,20,21). The van der Waals surface area contributed by atoms with Crippen molar-refractivity contribution in [2.75, 3.05) is 0 Å². The van der Waals surface area contributed by atoms with Gasteiger partial charge in [0.2, 0.25) is 0 Å². The highest BCUT2D eigenvalue weighted by atomic mass is 35.5. The van der Waals surface area contributed by atoms with E-state index in [1.165, 1.54) is 0 Å². The van der Waals surface area contributed by atoms with E-state index < -0.39 is 5.97 Å². The van der Waals surface area contributed by atoms with E-state index in [9.17, 15) is 9.90 Å². The van der Waals surface area contributed by atoms with Crippen LogP contribution >= 0.6 is 11.6 Å². The van der Waals surface area contributed by atoms with Crippen LogP contribution in [0.3, 0.4) is 0 Å². The smallest absolute Gasteiger partial charge is 0.336 e. The molecule has 5 heteroatoms. The zero-order chi connectivity index (χ0) is 15.1. The van der Waals surface area contributed by atoms with Crippen molar-refractivity contribution in [2.45, 2.75) is 13.8 Å². The summed E-state index contributed by atoms with van der Waals surface area (Å²) >= 11 is 6.13. The molecule has 0 unspecified atom stereocenters. The number of carboxylic acid groups (broad SMARTS) is 1. The first-order chi connectivity index (χ1) is 9.99. The Kier molecular flexibility index (Phi) is 3.18. The van der Waals surface area contributed by atoms with Gasteiger partial charge in [0, 0.05) is 5.56 Å². The number of rotatable bonds is 2. The molecule has 2 N–H and O–H groups in total. The minimum atomic E-state index is -0.960. The SMILES string of the molecule is Cc1ccc(C)c(-c2nc3c(Cl)cccc3[nH]2)c1C(=O)O. The molecule has 0 radical (unpaired) electrons. The molecule has 2 aromatic carbocycles. The van der Waals surface area contributed by atoms with Crippen molar-refractivity contribution in [3.63, 3.8) is 0 Å². The lowest BCUT2D eigenvalue weighted by atomic mass is 9.97. The molecule has 3 aromatic rings. The fraction of sp³-hybridized carbons (Fsp3) is 0.125. The Morgan fingerprint density at radius 3 is 2.57 bits per heavy atom. The highest BCUT2D eigenvalue weighted by Gasteiger charge is 2.20. The molecule has 0 atom stereocenters. The summed E-state index contributed by atoms with van der Waals surface area (Å²) in [4.78, 5) is 19.2. The summed E-state index contributed by atoms with van der Waals surface area (Å²) in [5, 5.41) is 10.0. The summed E-state index contributed by atoms with van der Waals surface area (Å²) in [7, 11) is 0. The number of aryl methyl sites for hydroxylation is 2. The largest absolute Gasteiger partial charge is 0.478 e. The Labute approximate surface area is 126 Å². The van der Waals surface area contributed by atoms with Crippen molar-refractivity contribution in [1.29, 1.82) is 0 Å². The van der Waals surface area contributed by atoms with Crippen molar-refractivity contribution in [3.8, 4) is 11.4 Å². The molecule has 0 amide bonds. The molecule has 1 aromatic heterocycles. The molecule has 0 aliphatic carbocycles. The monoisotopic (exact) mass is 300 g/mol. The number of hydrogen-bond donors (Lipinski definition) is 2. The van der Waals surface area contributed by atoms with Gasteiger partial charge < -0.3 is 10.1 Å². The first-order valence-corrected chi connectivity index (χ1v) is 6.85. The molecular weight excluding hydrogens is 288 g/mol. The van der Waals surface area contributed by atoms with Gasteiger partial charge in [0.05, 0.1) is 16.1 Å². The van der Waals surface area contributed by atoms with E-state index in [4.69, 9.17) is 11.6 Å². The highest BCUT2D eigenvalue weighted by molar-refractivity contribution is 6.35. The van der Waals surface area contributed by atoms with Crippen molar-refractivity contribution in [2.24, 2.45) is 0 Å². The number of fused-ring (bicyclic) bond motifs is 1. The second-order valence-electron chi connectivity index (χ2n) is 4.98. The first kappa shape index (κ1) is 13.6. The van der Waals surface area contributed by atoms with Crippen LogP contribution in [-0.4, -0.2) is 21.0 Å². The number of aromatic carboxylic acids is 1. The normalized spacial score (nSPS) is 11.0. The summed E-state index contributed by atoms with van der Waals surface area (Å²) in [5.74, 6) is -0.436. The van der Waals surface area contributed by atoms with Crippen LogP contribution in [0.4, 0.5) is 0 Å². The van der Waals surface area contributed by atoms with Crippen molar-refractivity contribution < 1.29 is 9.90 Å². The maximum Gasteiger partial charge on any atom is 0.336 e. The summed E-state index contributed by atoms with van der Waals surface area (Å²) in [6, 6.07) is 9.15. The molecular formula is C16H13ClN2O2. The molecule has 0 aliphatic rings. The first-order valence-electron chi connectivity index (χ1n) is 6.47. The summed E-state index contributed by atoms with van der Waals surface area (Å²) in [6.45, 7) is 3.65. The van der Waals surface area contributed by atoms with E-state index in [0.29, 0.717) is 27.5 Å². The predicted octanol–water partition coefficient (Wildman–Crippen LogP) is 4.20. The third-order valence-corrected chi connectivity index (χ3v) is 3.84. The van der Waals surface area contributed by atoms with Gasteiger partial charge in [0.1, 0.15) is 11.3 Å². The number of benzene rings is 2. The molecule has 1 heterocycles. The van der Waals surface area contributed by atoms with Gasteiger partial charge in [-0.2, -0.15) is 0 Å². The zero-order valence-corrected chi connectivity index (χ0v) is 12.3. The van der Waals surface area contributed by atoms with Crippen LogP contribution < -0.4 is 0 Å². The third kappa shape index (κ3) is 2.17. The lowest BCUT2D eigenvalue weighted by Gasteiger charge is -2.10. The van der Waals surface area contributed by atoms with Gasteiger partial charge >= 0.3 is 5.97 Å². The molecule has 0 bridgehead atoms. The number of aromatic nitrogens is 2. The van der Waals surface area contributed by atoms with Crippen LogP contribution in [0.1, 0.15) is 21.5 Å². The van der Waals surface area contributed by atoms with Crippen LogP contribution in [0.25, 0.3) is 22.4 Å². The Balaban J connectivity index is 2.35. The van der Waals surface area contributed by atoms with E-state index in [0.717, 1.165) is 11.1 Å². The number of H-pyrrole nitrogens is 1. The number of nitrogens with one attached hydrogen (secondary N) is 1. The van der Waals surface area contributed by atoms with E-state index in [2.05, 4.69) is 9.97 Å². The fourth-order valence-electron chi connectivity index (χ4n) is 2.51. The average molecular weight is 301 g/mol. The molecule has 0 saturated carbocycles. The Morgan fingerprint density at radius 1 is 1.19 bits per heavy atom. The molecule has 0 aliphatic heterocycles. The molecule has 106 valence electrons. The predicted molar refractivity (Wildman–Crippen MR) is 83.0 cm³/mol. The molecule has 21 heavy (non-hydrogen) atoms. The number of halogens is 1. The maximum atomic E-state index is 11.6.